The van der Waals surface area contributed by atoms with Gasteiger partial charge in [-0.05, 0) is 28.8 Å². The second-order valence-corrected chi connectivity index (χ2v) is 6.06. The highest BCUT2D eigenvalue weighted by Gasteiger charge is 2.15. The fourth-order valence-corrected chi connectivity index (χ4v) is 3.08. The Bertz CT molecular complexity index is 504. The van der Waals surface area contributed by atoms with E-state index >= 15 is 0 Å². The van der Waals surface area contributed by atoms with Gasteiger partial charge in [-0.1, -0.05) is 48.5 Å². The predicted octanol–water partition coefficient (Wildman–Crippen LogP) is 2.65. The molecule has 0 saturated carbocycles. The van der Waals surface area contributed by atoms with Crippen LogP contribution in [-0.4, -0.2) is 23.5 Å². The van der Waals surface area contributed by atoms with E-state index in [2.05, 4.69) is 55.5 Å². The van der Waals surface area contributed by atoms with Crippen LogP contribution < -0.4 is 5.19 Å². The van der Waals surface area contributed by atoms with Crippen molar-refractivity contribution in [3.8, 4) is 11.1 Å². The van der Waals surface area contributed by atoms with Crippen LogP contribution in [0.1, 0.15) is 5.56 Å². The van der Waals surface area contributed by atoms with Gasteiger partial charge in [-0.25, -0.2) is 0 Å². The number of hydrogen-bond acceptors (Lipinski definition) is 2. The summed E-state index contributed by atoms with van der Waals surface area (Å²) in [6.45, 7) is 2.13. The maximum atomic E-state index is 5.33. The van der Waals surface area contributed by atoms with Crippen LogP contribution in [0.2, 0.25) is 0 Å². The Morgan fingerprint density at radius 1 is 0.833 bits per heavy atom. The van der Waals surface area contributed by atoms with Gasteiger partial charge in [0.15, 0.2) is 0 Å². The summed E-state index contributed by atoms with van der Waals surface area (Å²) in [6, 6.07) is 16.8. The predicted molar refractivity (Wildman–Crippen MR) is 76.0 cm³/mol. The Hall–Kier alpha value is -1.42. The zero-order valence-electron chi connectivity index (χ0n) is 10.9. The number of benzene rings is 2. The van der Waals surface area contributed by atoms with Crippen LogP contribution in [0.3, 0.4) is 0 Å². The van der Waals surface area contributed by atoms with Crippen molar-refractivity contribution < 1.29 is 8.85 Å². The molecule has 93 valence electrons. The maximum Gasteiger partial charge on any atom is 0.423 e. The Morgan fingerprint density at radius 2 is 1.44 bits per heavy atom. The zero-order valence-corrected chi connectivity index (χ0v) is 11.9. The monoisotopic (exact) mass is 257 g/mol. The molecule has 2 aromatic carbocycles. The molecule has 2 aromatic rings. The van der Waals surface area contributed by atoms with Gasteiger partial charge < -0.3 is 8.85 Å². The molecule has 18 heavy (non-hydrogen) atoms. The Kier molecular flexibility index (Phi) is 4.31. The van der Waals surface area contributed by atoms with E-state index in [0.29, 0.717) is 0 Å². The van der Waals surface area contributed by atoms with E-state index < -0.39 is 9.28 Å². The summed E-state index contributed by atoms with van der Waals surface area (Å²) in [5, 5.41) is 1.13. The van der Waals surface area contributed by atoms with Crippen molar-refractivity contribution in [2.45, 2.75) is 6.92 Å². The van der Waals surface area contributed by atoms with Gasteiger partial charge in [0.1, 0.15) is 0 Å². The molecule has 0 unspecified atom stereocenters. The van der Waals surface area contributed by atoms with Crippen molar-refractivity contribution >= 4 is 14.5 Å². The van der Waals surface area contributed by atoms with Gasteiger partial charge in [-0.3, -0.25) is 0 Å². The minimum absolute atomic E-state index is 1.13. The number of hydrogen-bond donors (Lipinski definition) is 0. The summed E-state index contributed by atoms with van der Waals surface area (Å²) in [6.07, 6.45) is 0. The van der Waals surface area contributed by atoms with Crippen molar-refractivity contribution in [2.24, 2.45) is 0 Å². The van der Waals surface area contributed by atoms with E-state index in [-0.39, 0.29) is 0 Å². The van der Waals surface area contributed by atoms with E-state index in [4.69, 9.17) is 8.85 Å². The average Bonchev–Trinajstić information content (AvgIpc) is 2.42. The van der Waals surface area contributed by atoms with E-state index in [0.717, 1.165) is 5.19 Å². The van der Waals surface area contributed by atoms with Crippen LogP contribution in [0.15, 0.2) is 48.5 Å². The Morgan fingerprint density at radius 3 is 2.00 bits per heavy atom. The third kappa shape index (κ3) is 2.69. The summed E-state index contributed by atoms with van der Waals surface area (Å²) in [7, 11) is 2.07. The second-order valence-electron chi connectivity index (χ2n) is 4.09. The molecular weight excluding hydrogens is 240 g/mol. The molecule has 2 nitrogen and oxygen atoms in total. The first-order chi connectivity index (χ1) is 8.76. The number of aryl methyl sites for hydroxylation is 1. The summed E-state index contributed by atoms with van der Waals surface area (Å²) < 4.78 is 10.7. The minimum Gasteiger partial charge on any atom is -0.393 e. The van der Waals surface area contributed by atoms with Gasteiger partial charge in [0, 0.05) is 14.2 Å². The lowest BCUT2D eigenvalue weighted by atomic mass is 10.0. The molecule has 0 atom stereocenters. The van der Waals surface area contributed by atoms with E-state index in [1.165, 1.54) is 16.7 Å². The lowest BCUT2D eigenvalue weighted by molar-refractivity contribution is 0.292. The molecule has 0 heterocycles. The molecule has 0 aliphatic heterocycles. The topological polar surface area (TPSA) is 18.5 Å². The molecule has 0 bridgehead atoms. The highest BCUT2D eigenvalue weighted by Crippen LogP contribution is 2.21. The highest BCUT2D eigenvalue weighted by atomic mass is 28.3. The smallest absolute Gasteiger partial charge is 0.393 e. The number of rotatable bonds is 4. The van der Waals surface area contributed by atoms with Crippen molar-refractivity contribution in [1.29, 1.82) is 0 Å². The molecule has 0 N–H and O–H groups in total. The van der Waals surface area contributed by atoms with Crippen LogP contribution >= 0.6 is 0 Å². The van der Waals surface area contributed by atoms with Crippen molar-refractivity contribution in [3.63, 3.8) is 0 Å². The molecular formula is C15H17O2Si. The lowest BCUT2D eigenvalue weighted by Crippen LogP contribution is -2.34. The largest absolute Gasteiger partial charge is 0.423 e. The van der Waals surface area contributed by atoms with Gasteiger partial charge in [-0.15, -0.1) is 0 Å². The molecule has 1 radical (unpaired) electrons. The first-order valence-electron chi connectivity index (χ1n) is 5.87. The third-order valence-corrected chi connectivity index (χ3v) is 4.49. The van der Waals surface area contributed by atoms with Crippen LogP contribution in [0.4, 0.5) is 0 Å². The SMILES string of the molecule is CO[Si](OC)c1ccc(-c2ccccc2C)cc1. The fourth-order valence-electron chi connectivity index (χ4n) is 2.00. The molecule has 0 aromatic heterocycles. The van der Waals surface area contributed by atoms with Gasteiger partial charge in [0.25, 0.3) is 0 Å². The minimum atomic E-state index is -1.31. The van der Waals surface area contributed by atoms with Gasteiger partial charge in [0.05, 0.1) is 0 Å². The molecule has 0 aliphatic rings. The molecule has 3 heteroatoms. The first kappa shape index (κ1) is 13.0. The molecule has 0 saturated heterocycles. The average molecular weight is 257 g/mol. The van der Waals surface area contributed by atoms with Crippen LogP contribution in [0.25, 0.3) is 11.1 Å². The van der Waals surface area contributed by atoms with Crippen molar-refractivity contribution in [1.82, 2.24) is 0 Å². The summed E-state index contributed by atoms with van der Waals surface area (Å²) in [5.41, 5.74) is 3.78. The molecule has 0 spiro atoms. The van der Waals surface area contributed by atoms with Crippen LogP contribution in [-0.2, 0) is 8.85 Å². The molecule has 0 amide bonds. The summed E-state index contributed by atoms with van der Waals surface area (Å²) in [4.78, 5) is 0. The maximum absolute atomic E-state index is 5.33. The third-order valence-electron chi connectivity index (χ3n) is 2.95. The molecule has 0 aliphatic carbocycles. The van der Waals surface area contributed by atoms with Crippen LogP contribution in [0, 0.1) is 6.92 Å². The van der Waals surface area contributed by atoms with Gasteiger partial charge in [-0.2, -0.15) is 0 Å². The zero-order chi connectivity index (χ0) is 13.0. The molecule has 0 fully saturated rings. The second kappa shape index (κ2) is 5.95. The first-order valence-corrected chi connectivity index (χ1v) is 7.19. The summed E-state index contributed by atoms with van der Waals surface area (Å²) >= 11 is 0. The highest BCUT2D eigenvalue weighted by molar-refractivity contribution is 6.61. The Labute approximate surface area is 110 Å². The van der Waals surface area contributed by atoms with E-state index in [1.807, 2.05) is 0 Å². The van der Waals surface area contributed by atoms with E-state index in [9.17, 15) is 0 Å². The summed E-state index contributed by atoms with van der Waals surface area (Å²) in [5.74, 6) is 0. The van der Waals surface area contributed by atoms with Gasteiger partial charge >= 0.3 is 9.28 Å². The molecule has 2 rings (SSSR count). The fraction of sp³-hybridized carbons (Fsp3) is 0.200. The van der Waals surface area contributed by atoms with Gasteiger partial charge in [0.2, 0.25) is 0 Å². The van der Waals surface area contributed by atoms with E-state index in [1.54, 1.807) is 14.2 Å². The lowest BCUT2D eigenvalue weighted by Gasteiger charge is -2.11. The van der Waals surface area contributed by atoms with Crippen LogP contribution in [0.5, 0.6) is 0 Å². The standard InChI is InChI=1S/C15H17O2Si/c1-12-6-4-5-7-15(12)13-8-10-14(11-9-13)18(16-2)17-3/h4-11H,1-3H3. The van der Waals surface area contributed by atoms with Crippen molar-refractivity contribution in [3.05, 3.63) is 54.1 Å². The normalized spacial score (nSPS) is 10.9. The quantitative estimate of drug-likeness (QED) is 0.784. The Balaban J connectivity index is 2.30. The van der Waals surface area contributed by atoms with Crippen molar-refractivity contribution in [2.75, 3.05) is 14.2 Å².